The van der Waals surface area contributed by atoms with Gasteiger partial charge in [-0.1, -0.05) is 12.1 Å². The van der Waals surface area contributed by atoms with Crippen LogP contribution in [0.15, 0.2) is 24.3 Å². The second kappa shape index (κ2) is 7.32. The number of methoxy groups -OCH3 is 1. The summed E-state index contributed by atoms with van der Waals surface area (Å²) >= 11 is 0. The molecule has 1 amide bonds. The van der Waals surface area contributed by atoms with Crippen molar-refractivity contribution in [2.24, 2.45) is 0 Å². The van der Waals surface area contributed by atoms with E-state index in [1.165, 1.54) is 6.42 Å². The van der Waals surface area contributed by atoms with Crippen molar-refractivity contribution >= 4 is 5.91 Å². The van der Waals surface area contributed by atoms with Crippen LogP contribution in [0, 0.1) is 0 Å². The molecule has 0 saturated carbocycles. The van der Waals surface area contributed by atoms with Crippen LogP contribution in [0.3, 0.4) is 0 Å². The van der Waals surface area contributed by atoms with Crippen molar-refractivity contribution in [2.45, 2.75) is 37.8 Å². The fraction of sp³-hybridized carbons (Fsp3) is 0.611. The number of nitrogens with zero attached hydrogens (tertiary/aromatic N) is 2. The second-order valence-corrected chi connectivity index (χ2v) is 6.55. The van der Waals surface area contributed by atoms with E-state index in [4.69, 9.17) is 4.74 Å². The lowest BCUT2D eigenvalue weighted by atomic mass is 10.0. The van der Waals surface area contributed by atoms with Crippen molar-refractivity contribution in [1.29, 1.82) is 0 Å². The maximum atomic E-state index is 12.5. The van der Waals surface area contributed by atoms with Crippen molar-refractivity contribution in [1.82, 2.24) is 9.80 Å². The maximum absolute atomic E-state index is 12.5. The molecule has 5 nitrogen and oxygen atoms in total. The van der Waals surface area contributed by atoms with Gasteiger partial charge < -0.3 is 14.7 Å². The van der Waals surface area contributed by atoms with Crippen LogP contribution >= 0.6 is 0 Å². The number of amides is 1. The smallest absolute Gasteiger partial charge is 0.236 e. The predicted octanol–water partition coefficient (Wildman–Crippen LogP) is 1.82. The highest BCUT2D eigenvalue weighted by Gasteiger charge is 2.34. The third kappa shape index (κ3) is 3.85. The Morgan fingerprint density at radius 2 is 2.09 bits per heavy atom. The molecule has 0 aliphatic carbocycles. The summed E-state index contributed by atoms with van der Waals surface area (Å²) in [5, 5.41) is 10.1. The number of piperidine rings is 1. The molecule has 1 N–H and O–H groups in total. The highest BCUT2D eigenvalue weighted by molar-refractivity contribution is 5.78. The molecule has 0 spiro atoms. The number of carbonyl (C=O) groups excluding carboxylic acids is 1. The van der Waals surface area contributed by atoms with Crippen LogP contribution in [0.25, 0.3) is 0 Å². The van der Waals surface area contributed by atoms with E-state index in [-0.39, 0.29) is 18.1 Å². The zero-order chi connectivity index (χ0) is 16.2. The Morgan fingerprint density at radius 3 is 2.83 bits per heavy atom. The minimum Gasteiger partial charge on any atom is -0.497 e. The molecule has 1 aromatic rings. The van der Waals surface area contributed by atoms with Gasteiger partial charge in [0.2, 0.25) is 5.91 Å². The Morgan fingerprint density at radius 1 is 1.30 bits per heavy atom. The summed E-state index contributed by atoms with van der Waals surface area (Å²) in [6.07, 6.45) is 3.72. The number of ether oxygens (including phenoxy) is 1. The van der Waals surface area contributed by atoms with Gasteiger partial charge in [-0.3, -0.25) is 9.69 Å². The molecule has 0 radical (unpaired) electrons. The lowest BCUT2D eigenvalue weighted by Gasteiger charge is -2.30. The third-order valence-electron chi connectivity index (χ3n) is 4.91. The molecule has 1 aromatic carbocycles. The van der Waals surface area contributed by atoms with Gasteiger partial charge in [0, 0.05) is 25.7 Å². The average molecular weight is 318 g/mol. The fourth-order valence-electron chi connectivity index (χ4n) is 3.67. The quantitative estimate of drug-likeness (QED) is 0.920. The summed E-state index contributed by atoms with van der Waals surface area (Å²) < 4.78 is 5.30. The van der Waals surface area contributed by atoms with Gasteiger partial charge in [0.15, 0.2) is 0 Å². The van der Waals surface area contributed by atoms with Crippen molar-refractivity contribution in [3.05, 3.63) is 29.8 Å². The summed E-state index contributed by atoms with van der Waals surface area (Å²) in [5.41, 5.74) is 1.10. The summed E-state index contributed by atoms with van der Waals surface area (Å²) in [5.74, 6) is 0.998. The topological polar surface area (TPSA) is 53.0 Å². The maximum Gasteiger partial charge on any atom is 0.236 e. The Bertz CT molecular complexity index is 543. The van der Waals surface area contributed by atoms with Gasteiger partial charge in [-0.2, -0.15) is 0 Å². The molecule has 5 heteroatoms. The van der Waals surface area contributed by atoms with Crippen LogP contribution in [0.2, 0.25) is 0 Å². The number of rotatable bonds is 4. The van der Waals surface area contributed by atoms with Crippen LogP contribution in [0.5, 0.6) is 5.75 Å². The number of carbonyl (C=O) groups is 1. The lowest BCUT2D eigenvalue weighted by Crippen LogP contribution is -2.42. The Labute approximate surface area is 137 Å². The summed E-state index contributed by atoms with van der Waals surface area (Å²) in [6.45, 7) is 2.69. The number of likely N-dealkylation sites (tertiary alicyclic amines) is 2. The zero-order valence-electron chi connectivity index (χ0n) is 13.8. The molecule has 2 fully saturated rings. The normalized spacial score (nSPS) is 25.6. The van der Waals surface area contributed by atoms with Crippen molar-refractivity contribution in [2.75, 3.05) is 33.3 Å². The van der Waals surface area contributed by atoms with Gasteiger partial charge in [0.25, 0.3) is 0 Å². The molecule has 0 bridgehead atoms. The molecular weight excluding hydrogens is 292 g/mol. The molecule has 2 heterocycles. The number of aliphatic hydroxyl groups is 1. The largest absolute Gasteiger partial charge is 0.497 e. The van der Waals surface area contributed by atoms with E-state index in [1.54, 1.807) is 7.11 Å². The summed E-state index contributed by atoms with van der Waals surface area (Å²) in [7, 11) is 1.65. The first kappa shape index (κ1) is 16.3. The molecule has 23 heavy (non-hydrogen) atoms. The molecule has 2 aliphatic rings. The van der Waals surface area contributed by atoms with Gasteiger partial charge in [-0.15, -0.1) is 0 Å². The van der Waals surface area contributed by atoms with Crippen LogP contribution in [-0.4, -0.2) is 60.2 Å². The second-order valence-electron chi connectivity index (χ2n) is 6.55. The molecule has 126 valence electrons. The number of hydrogen-bond acceptors (Lipinski definition) is 4. The Hall–Kier alpha value is -1.59. The first-order valence-electron chi connectivity index (χ1n) is 8.51. The van der Waals surface area contributed by atoms with Gasteiger partial charge in [0.1, 0.15) is 5.75 Å². The average Bonchev–Trinajstić information content (AvgIpc) is 2.96. The van der Waals surface area contributed by atoms with E-state index < -0.39 is 0 Å². The van der Waals surface area contributed by atoms with Gasteiger partial charge >= 0.3 is 0 Å². The number of aliphatic hydroxyl groups excluding tert-OH is 1. The number of β-amino-alcohol motifs (C(OH)–C–C–N with tert-alkyl or cyclic N) is 1. The molecule has 2 saturated heterocycles. The Balaban J connectivity index is 1.70. The minimum absolute atomic E-state index is 0.0776. The van der Waals surface area contributed by atoms with Crippen molar-refractivity contribution in [3.63, 3.8) is 0 Å². The van der Waals surface area contributed by atoms with Gasteiger partial charge in [0.05, 0.1) is 19.8 Å². The summed E-state index contributed by atoms with van der Waals surface area (Å²) in [4.78, 5) is 16.6. The van der Waals surface area contributed by atoms with Crippen LogP contribution in [0.1, 0.15) is 37.3 Å². The highest BCUT2D eigenvalue weighted by Crippen LogP contribution is 2.33. The van der Waals surface area contributed by atoms with E-state index in [2.05, 4.69) is 4.90 Å². The number of hydrogen-bond donors (Lipinski definition) is 1. The van der Waals surface area contributed by atoms with Crippen LogP contribution in [-0.2, 0) is 4.79 Å². The van der Waals surface area contributed by atoms with E-state index in [0.717, 1.165) is 37.2 Å². The SMILES string of the molecule is COc1cccc([C@@H]2C[C@@H](O)CN2CC(=O)N2CCCCC2)c1. The highest BCUT2D eigenvalue weighted by atomic mass is 16.5. The minimum atomic E-state index is -0.375. The molecule has 3 rings (SSSR count). The van der Waals surface area contributed by atoms with Gasteiger partial charge in [-0.25, -0.2) is 0 Å². The Kier molecular flexibility index (Phi) is 5.18. The van der Waals surface area contributed by atoms with E-state index in [9.17, 15) is 9.90 Å². The van der Waals surface area contributed by atoms with E-state index >= 15 is 0 Å². The molecular formula is C18H26N2O3. The van der Waals surface area contributed by atoms with Crippen LogP contribution in [0.4, 0.5) is 0 Å². The van der Waals surface area contributed by atoms with Crippen molar-refractivity contribution in [3.8, 4) is 5.75 Å². The molecule has 2 atom stereocenters. The van der Waals surface area contributed by atoms with E-state index in [0.29, 0.717) is 19.5 Å². The molecule has 2 aliphatic heterocycles. The first-order chi connectivity index (χ1) is 11.2. The predicted molar refractivity (Wildman–Crippen MR) is 88.4 cm³/mol. The standard InChI is InChI=1S/C18H26N2O3/c1-23-16-7-5-6-14(10-16)17-11-15(21)12-20(17)13-18(22)19-8-3-2-4-9-19/h5-7,10,15,17,21H,2-4,8-9,11-13H2,1H3/t15-,17+/m1/s1. The fourth-order valence-corrected chi connectivity index (χ4v) is 3.67. The summed E-state index contributed by atoms with van der Waals surface area (Å²) in [6, 6.07) is 8.00. The first-order valence-corrected chi connectivity index (χ1v) is 8.51. The number of benzene rings is 1. The van der Waals surface area contributed by atoms with Crippen LogP contribution < -0.4 is 4.74 Å². The van der Waals surface area contributed by atoms with Crippen molar-refractivity contribution < 1.29 is 14.6 Å². The lowest BCUT2D eigenvalue weighted by molar-refractivity contribution is -0.133. The van der Waals surface area contributed by atoms with E-state index in [1.807, 2.05) is 29.2 Å². The third-order valence-corrected chi connectivity index (χ3v) is 4.91. The molecule has 0 aromatic heterocycles. The molecule has 0 unspecified atom stereocenters. The monoisotopic (exact) mass is 318 g/mol. The zero-order valence-corrected chi connectivity index (χ0v) is 13.8. The van der Waals surface area contributed by atoms with Gasteiger partial charge in [-0.05, 0) is 43.4 Å².